The molecule has 1 aromatic heterocycles. The molecule has 2 aromatic rings. The number of benzene rings is 1. The Morgan fingerprint density at radius 3 is 2.81 bits per heavy atom. The van der Waals surface area contributed by atoms with E-state index in [1.165, 1.54) is 0 Å². The van der Waals surface area contributed by atoms with Crippen molar-refractivity contribution in [3.63, 3.8) is 0 Å². The molecule has 112 valence electrons. The molecule has 1 aromatic carbocycles. The topological polar surface area (TPSA) is 37.7 Å². The van der Waals surface area contributed by atoms with Gasteiger partial charge in [0.25, 0.3) is 0 Å². The summed E-state index contributed by atoms with van der Waals surface area (Å²) in [6.45, 7) is 7.85. The van der Waals surface area contributed by atoms with Gasteiger partial charge < -0.3 is 9.74 Å². The predicted molar refractivity (Wildman–Crippen MR) is 90.8 cm³/mol. The Kier molecular flexibility index (Phi) is 6.14. The molecule has 4 nitrogen and oxygen atoms in total. The number of para-hydroxylation sites is 1. The van der Waals surface area contributed by atoms with E-state index in [1.54, 1.807) is 6.21 Å². The van der Waals surface area contributed by atoms with Crippen molar-refractivity contribution in [3.8, 4) is 0 Å². The highest BCUT2D eigenvalue weighted by atomic mass is 79.9. The summed E-state index contributed by atoms with van der Waals surface area (Å²) >= 11 is 3.42. The fraction of sp³-hybridized carbons (Fsp3) is 0.375. The Labute approximate surface area is 133 Å². The van der Waals surface area contributed by atoms with Crippen LogP contribution in [0.25, 0.3) is 10.9 Å². The highest BCUT2D eigenvalue weighted by molar-refractivity contribution is 9.10. The Hall–Kier alpha value is -1.46. The van der Waals surface area contributed by atoms with E-state index in [4.69, 9.17) is 4.84 Å². The van der Waals surface area contributed by atoms with Crippen molar-refractivity contribution < 1.29 is 4.84 Å². The molecule has 1 heterocycles. The van der Waals surface area contributed by atoms with Crippen LogP contribution in [0.4, 0.5) is 0 Å². The zero-order valence-electron chi connectivity index (χ0n) is 12.4. The van der Waals surface area contributed by atoms with Crippen LogP contribution in [-0.4, -0.2) is 42.3 Å². The van der Waals surface area contributed by atoms with Gasteiger partial charge in [-0.1, -0.05) is 37.2 Å². The maximum atomic E-state index is 5.35. The van der Waals surface area contributed by atoms with Crippen molar-refractivity contribution in [2.45, 2.75) is 13.8 Å². The normalized spacial score (nSPS) is 11.6. The summed E-state index contributed by atoms with van der Waals surface area (Å²) < 4.78 is 0.797. The number of rotatable bonds is 7. The molecule has 0 saturated heterocycles. The number of likely N-dealkylation sites (N-methyl/N-ethyl adjacent to an activating group) is 1. The first-order valence-corrected chi connectivity index (χ1v) is 7.96. The van der Waals surface area contributed by atoms with E-state index in [2.05, 4.69) is 44.8 Å². The summed E-state index contributed by atoms with van der Waals surface area (Å²) in [4.78, 5) is 12.1. The summed E-state index contributed by atoms with van der Waals surface area (Å²) in [5.41, 5.74) is 1.94. The molecule has 0 bridgehead atoms. The first-order chi connectivity index (χ1) is 10.2. The lowest BCUT2D eigenvalue weighted by Crippen LogP contribution is -2.26. The van der Waals surface area contributed by atoms with Crippen LogP contribution in [0.5, 0.6) is 0 Å². The lowest BCUT2D eigenvalue weighted by Gasteiger charge is -2.16. The van der Waals surface area contributed by atoms with Gasteiger partial charge in [0.15, 0.2) is 0 Å². The van der Waals surface area contributed by atoms with E-state index in [0.29, 0.717) is 6.61 Å². The van der Waals surface area contributed by atoms with Crippen molar-refractivity contribution in [1.82, 2.24) is 9.88 Å². The molecular weight excluding hydrogens is 330 g/mol. The van der Waals surface area contributed by atoms with Gasteiger partial charge in [0.2, 0.25) is 0 Å². The standard InChI is InChI=1S/C16H20BrN3O/c1-3-20(4-2)9-10-21-18-12-13-11-16(17)19-15-8-6-5-7-14(13)15/h5-8,11-12H,3-4,9-10H2,1-2H3/b18-12+. The van der Waals surface area contributed by atoms with Gasteiger partial charge in [0.05, 0.1) is 11.7 Å². The minimum atomic E-state index is 0.600. The molecule has 0 spiro atoms. The van der Waals surface area contributed by atoms with Crippen molar-refractivity contribution >= 4 is 33.0 Å². The highest BCUT2D eigenvalue weighted by Crippen LogP contribution is 2.19. The first-order valence-electron chi connectivity index (χ1n) is 7.17. The van der Waals surface area contributed by atoms with E-state index >= 15 is 0 Å². The fourth-order valence-electron chi connectivity index (χ4n) is 2.13. The smallest absolute Gasteiger partial charge is 0.129 e. The number of fused-ring (bicyclic) bond motifs is 1. The van der Waals surface area contributed by atoms with Gasteiger partial charge in [-0.2, -0.15) is 0 Å². The van der Waals surface area contributed by atoms with Gasteiger partial charge >= 0.3 is 0 Å². The fourth-order valence-corrected chi connectivity index (χ4v) is 2.57. The number of oxime groups is 1. The number of nitrogens with zero attached hydrogens (tertiary/aromatic N) is 3. The van der Waals surface area contributed by atoms with Crippen LogP contribution < -0.4 is 0 Å². The van der Waals surface area contributed by atoms with E-state index in [1.807, 2.05) is 30.3 Å². The number of aromatic nitrogens is 1. The van der Waals surface area contributed by atoms with Gasteiger partial charge in [-0.05, 0) is 41.2 Å². The molecule has 0 N–H and O–H groups in total. The number of pyridine rings is 1. The van der Waals surface area contributed by atoms with E-state index < -0.39 is 0 Å². The van der Waals surface area contributed by atoms with Crippen LogP contribution in [0.15, 0.2) is 40.1 Å². The largest absolute Gasteiger partial charge is 0.394 e. The SMILES string of the molecule is CCN(CC)CCO/N=C/c1cc(Br)nc2ccccc12. The molecule has 2 rings (SSSR count). The van der Waals surface area contributed by atoms with Crippen molar-refractivity contribution in [2.24, 2.45) is 5.16 Å². The highest BCUT2D eigenvalue weighted by Gasteiger charge is 2.02. The second-order valence-electron chi connectivity index (χ2n) is 4.65. The van der Waals surface area contributed by atoms with Crippen LogP contribution in [0.3, 0.4) is 0 Å². The molecule has 0 aliphatic heterocycles. The summed E-state index contributed by atoms with van der Waals surface area (Å²) in [6.07, 6.45) is 1.75. The van der Waals surface area contributed by atoms with Gasteiger partial charge in [-0.15, -0.1) is 0 Å². The molecule has 0 unspecified atom stereocenters. The number of hydrogen-bond acceptors (Lipinski definition) is 4. The second-order valence-corrected chi connectivity index (χ2v) is 5.46. The predicted octanol–water partition coefficient (Wildman–Crippen LogP) is 3.69. The first kappa shape index (κ1) is 15.9. The van der Waals surface area contributed by atoms with Crippen LogP contribution in [-0.2, 0) is 4.84 Å². The lowest BCUT2D eigenvalue weighted by molar-refractivity contribution is 0.115. The molecule has 0 atom stereocenters. The zero-order chi connectivity index (χ0) is 15.1. The van der Waals surface area contributed by atoms with Gasteiger partial charge in [0.1, 0.15) is 11.2 Å². The van der Waals surface area contributed by atoms with Crippen molar-refractivity contribution in [2.75, 3.05) is 26.2 Å². The lowest BCUT2D eigenvalue weighted by atomic mass is 10.1. The maximum Gasteiger partial charge on any atom is 0.129 e. The quantitative estimate of drug-likeness (QED) is 0.331. The minimum Gasteiger partial charge on any atom is -0.394 e. The van der Waals surface area contributed by atoms with Gasteiger partial charge in [0, 0.05) is 17.5 Å². The van der Waals surface area contributed by atoms with E-state index in [0.717, 1.165) is 40.7 Å². The third-order valence-corrected chi connectivity index (χ3v) is 3.78. The Morgan fingerprint density at radius 2 is 2.05 bits per heavy atom. The van der Waals surface area contributed by atoms with E-state index in [-0.39, 0.29) is 0 Å². The van der Waals surface area contributed by atoms with Crippen molar-refractivity contribution in [3.05, 3.63) is 40.5 Å². The monoisotopic (exact) mass is 349 g/mol. The van der Waals surface area contributed by atoms with Crippen molar-refractivity contribution in [1.29, 1.82) is 0 Å². The Morgan fingerprint density at radius 1 is 1.29 bits per heavy atom. The summed E-state index contributed by atoms with van der Waals surface area (Å²) in [6, 6.07) is 9.93. The molecule has 0 saturated carbocycles. The molecule has 21 heavy (non-hydrogen) atoms. The van der Waals surface area contributed by atoms with Gasteiger partial charge in [-0.3, -0.25) is 0 Å². The molecule has 0 aliphatic rings. The number of halogens is 1. The molecule has 0 fully saturated rings. The van der Waals surface area contributed by atoms with Crippen LogP contribution in [0.1, 0.15) is 19.4 Å². The summed E-state index contributed by atoms with van der Waals surface area (Å²) in [7, 11) is 0. The molecule has 5 heteroatoms. The third-order valence-electron chi connectivity index (χ3n) is 3.38. The Balaban J connectivity index is 2.01. The average molecular weight is 350 g/mol. The molecule has 0 radical (unpaired) electrons. The Bertz CT molecular complexity index is 611. The van der Waals surface area contributed by atoms with Crippen LogP contribution >= 0.6 is 15.9 Å². The molecule has 0 aliphatic carbocycles. The minimum absolute atomic E-state index is 0.600. The summed E-state index contributed by atoms with van der Waals surface area (Å²) in [5, 5.41) is 5.14. The average Bonchev–Trinajstić information content (AvgIpc) is 2.50. The summed E-state index contributed by atoms with van der Waals surface area (Å²) in [5.74, 6) is 0. The second kappa shape index (κ2) is 8.10. The molecular formula is C16H20BrN3O. The molecule has 0 amide bonds. The maximum absolute atomic E-state index is 5.35. The third kappa shape index (κ3) is 4.51. The number of hydrogen-bond donors (Lipinski definition) is 0. The zero-order valence-corrected chi connectivity index (χ0v) is 14.0. The van der Waals surface area contributed by atoms with Gasteiger partial charge in [-0.25, -0.2) is 4.98 Å². The van der Waals surface area contributed by atoms with Crippen LogP contribution in [0.2, 0.25) is 0 Å². The van der Waals surface area contributed by atoms with E-state index in [9.17, 15) is 0 Å². The van der Waals surface area contributed by atoms with Crippen LogP contribution in [0, 0.1) is 0 Å².